The Kier molecular flexibility index (Phi) is 12.6. The van der Waals surface area contributed by atoms with Crippen LogP contribution in [0.15, 0.2) is 0 Å². The van der Waals surface area contributed by atoms with Crippen LogP contribution in [0, 0.1) is 0 Å². The van der Waals surface area contributed by atoms with Crippen molar-refractivity contribution in [3.8, 4) is 0 Å². The van der Waals surface area contributed by atoms with E-state index in [4.69, 9.17) is 38.9 Å². The highest BCUT2D eigenvalue weighted by Gasteiger charge is 2.68. The lowest BCUT2D eigenvalue weighted by molar-refractivity contribution is 0.0794. The molecule has 0 aliphatic rings. The van der Waals surface area contributed by atoms with Crippen LogP contribution >= 0.6 is 0 Å². The maximum absolute atomic E-state index is 6.88. The first-order chi connectivity index (χ1) is 14.3. The average Bonchev–Trinajstić information content (AvgIpc) is 2.60. The van der Waals surface area contributed by atoms with Gasteiger partial charge in [0.2, 0.25) is 0 Å². The number of rotatable bonds is 16. The summed E-state index contributed by atoms with van der Waals surface area (Å²) in [4.78, 5) is 0. The van der Waals surface area contributed by atoms with Crippen molar-refractivity contribution >= 4 is 51.4 Å². The molecule has 0 spiro atoms. The normalized spacial score (nSPS) is 15.0. The molecule has 0 bridgehead atoms. The molecule has 9 nitrogen and oxygen atoms in total. The molecule has 194 valence electrons. The average molecular weight is 565 g/mol. The van der Waals surface area contributed by atoms with E-state index in [1.807, 2.05) is 0 Å². The van der Waals surface area contributed by atoms with Gasteiger partial charge >= 0.3 is 26.4 Å². The fraction of sp³-hybridized carbons (Fsp3) is 1.00. The summed E-state index contributed by atoms with van der Waals surface area (Å²) in [5.74, 6) is 0. The highest BCUT2D eigenvalue weighted by atomic mass is 28.5. The monoisotopic (exact) mass is 564 g/mol. The molecular weight excluding hydrogens is 517 g/mol. The Labute approximate surface area is 202 Å². The van der Waals surface area contributed by atoms with Gasteiger partial charge in [-0.05, 0) is 58.9 Å². The topological polar surface area (TPSA) is 83.1 Å². The second-order valence-electron chi connectivity index (χ2n) is 10.5. The fourth-order valence-corrected chi connectivity index (χ4v) is 28.0. The molecule has 0 fully saturated rings. The minimum absolute atomic E-state index is 0.356. The van der Waals surface area contributed by atoms with Crippen LogP contribution in [0.4, 0.5) is 0 Å². The van der Waals surface area contributed by atoms with Crippen LogP contribution in [0.5, 0.6) is 0 Å². The standard InChI is InChI=1S/C17H48O9Si6/c1-18-31(19-2,20-3)17(32(21-4,22-5)23-6)16-30(24-27(7,8)9,25-28(10,11)12)26-29(13,14)15/h17H,16H2,1-15H3. The van der Waals surface area contributed by atoms with Crippen molar-refractivity contribution in [3.05, 3.63) is 0 Å². The smallest absolute Gasteiger partial charge is 0.417 e. The molecule has 0 aromatic carbocycles. The molecule has 0 aromatic rings. The fourth-order valence-electron chi connectivity index (χ4n) is 3.66. The zero-order chi connectivity index (χ0) is 25.6. The molecule has 0 radical (unpaired) electrons. The van der Waals surface area contributed by atoms with E-state index in [9.17, 15) is 0 Å². The quantitative estimate of drug-likeness (QED) is 0.257. The van der Waals surface area contributed by atoms with Crippen LogP contribution in [0.3, 0.4) is 0 Å². The molecule has 0 N–H and O–H groups in total. The maximum Gasteiger partial charge on any atom is 0.507 e. The first-order valence-electron chi connectivity index (χ1n) is 10.7. The van der Waals surface area contributed by atoms with Gasteiger partial charge < -0.3 is 38.9 Å². The van der Waals surface area contributed by atoms with E-state index in [1.165, 1.54) is 0 Å². The van der Waals surface area contributed by atoms with Crippen LogP contribution in [0.25, 0.3) is 0 Å². The number of hydrogen-bond acceptors (Lipinski definition) is 9. The Morgan fingerprint density at radius 3 is 0.812 bits per heavy atom. The third-order valence-electron chi connectivity index (χ3n) is 4.40. The van der Waals surface area contributed by atoms with Gasteiger partial charge in [0.1, 0.15) is 5.16 Å². The molecule has 0 aliphatic heterocycles. The first kappa shape index (κ1) is 32.9. The van der Waals surface area contributed by atoms with Crippen molar-refractivity contribution in [1.82, 2.24) is 0 Å². The van der Waals surface area contributed by atoms with Crippen molar-refractivity contribution in [2.45, 2.75) is 70.1 Å². The van der Waals surface area contributed by atoms with Crippen LogP contribution in [0.1, 0.15) is 0 Å². The van der Waals surface area contributed by atoms with Crippen LogP contribution in [-0.4, -0.2) is 94.0 Å². The van der Waals surface area contributed by atoms with Crippen LogP contribution in [0.2, 0.25) is 70.1 Å². The molecular formula is C17H48O9Si6. The van der Waals surface area contributed by atoms with Crippen LogP contribution in [-0.2, 0) is 38.9 Å². The Bertz CT molecular complexity index is 477. The summed E-state index contributed by atoms with van der Waals surface area (Å²) < 4.78 is 56.2. The second-order valence-corrected chi connectivity index (χ2v) is 34.2. The van der Waals surface area contributed by atoms with E-state index >= 15 is 0 Å². The lowest BCUT2D eigenvalue weighted by Crippen LogP contribution is -2.67. The van der Waals surface area contributed by atoms with Crippen LogP contribution < -0.4 is 0 Å². The van der Waals surface area contributed by atoms with Crippen molar-refractivity contribution in [3.63, 3.8) is 0 Å². The van der Waals surface area contributed by atoms with E-state index in [0.717, 1.165) is 0 Å². The molecule has 0 heterocycles. The third-order valence-corrected chi connectivity index (χ3v) is 24.9. The highest BCUT2D eigenvalue weighted by molar-refractivity contribution is 6.92. The summed E-state index contributed by atoms with van der Waals surface area (Å²) in [5.41, 5.74) is 0. The second kappa shape index (κ2) is 12.3. The zero-order valence-corrected chi connectivity index (χ0v) is 29.0. The maximum atomic E-state index is 6.88. The molecule has 0 aromatic heterocycles. The number of hydrogen-bond donors (Lipinski definition) is 0. The summed E-state index contributed by atoms with van der Waals surface area (Å²) in [6, 6.07) is 0.356. The van der Waals surface area contributed by atoms with Crippen molar-refractivity contribution in [2.24, 2.45) is 0 Å². The molecule has 32 heavy (non-hydrogen) atoms. The summed E-state index contributed by atoms with van der Waals surface area (Å²) in [7, 11) is -6.84. The minimum atomic E-state index is -3.35. The summed E-state index contributed by atoms with van der Waals surface area (Å²) in [5, 5.41) is -0.509. The summed E-state index contributed by atoms with van der Waals surface area (Å²) in [6.07, 6.45) is 0. The predicted molar refractivity (Wildman–Crippen MR) is 141 cm³/mol. The van der Waals surface area contributed by atoms with Gasteiger partial charge in [-0.1, -0.05) is 0 Å². The minimum Gasteiger partial charge on any atom is -0.417 e. The van der Waals surface area contributed by atoms with E-state index in [0.29, 0.717) is 6.04 Å². The van der Waals surface area contributed by atoms with Gasteiger partial charge in [-0.3, -0.25) is 0 Å². The first-order valence-corrected chi connectivity index (χ1v) is 26.5. The third kappa shape index (κ3) is 9.53. The van der Waals surface area contributed by atoms with Gasteiger partial charge in [-0.25, -0.2) is 0 Å². The Hall–Kier alpha value is 0.941. The highest BCUT2D eigenvalue weighted by Crippen LogP contribution is 2.44. The molecule has 0 aliphatic carbocycles. The van der Waals surface area contributed by atoms with Crippen molar-refractivity contribution in [1.29, 1.82) is 0 Å². The summed E-state index contributed by atoms with van der Waals surface area (Å²) in [6.45, 7) is 19.3. The molecule has 0 unspecified atom stereocenters. The molecule has 0 rings (SSSR count). The Balaban J connectivity index is 7.05. The van der Waals surface area contributed by atoms with E-state index < -0.39 is 56.5 Å². The largest absolute Gasteiger partial charge is 0.507 e. The molecule has 0 saturated heterocycles. The summed E-state index contributed by atoms with van der Waals surface area (Å²) >= 11 is 0. The van der Waals surface area contributed by atoms with Gasteiger partial charge in [0.25, 0.3) is 0 Å². The molecule has 0 atom stereocenters. The van der Waals surface area contributed by atoms with Gasteiger partial charge in [0.05, 0.1) is 0 Å². The van der Waals surface area contributed by atoms with E-state index in [-0.39, 0.29) is 0 Å². The zero-order valence-electron chi connectivity index (χ0n) is 23.0. The molecule has 0 saturated carbocycles. The molecule has 0 amide bonds. The van der Waals surface area contributed by atoms with E-state index in [2.05, 4.69) is 58.9 Å². The van der Waals surface area contributed by atoms with Gasteiger partial charge in [-0.15, -0.1) is 0 Å². The van der Waals surface area contributed by atoms with Crippen molar-refractivity contribution in [2.75, 3.05) is 42.7 Å². The van der Waals surface area contributed by atoms with Gasteiger partial charge in [0, 0.05) is 48.7 Å². The lowest BCUT2D eigenvalue weighted by Gasteiger charge is -2.47. The SMILES string of the molecule is CO[Si](OC)(OC)C(C[Si](O[Si](C)(C)C)(O[Si](C)(C)C)O[Si](C)(C)C)[Si](OC)(OC)OC. The van der Waals surface area contributed by atoms with Gasteiger partial charge in [0.15, 0.2) is 25.0 Å². The predicted octanol–water partition coefficient (Wildman–Crippen LogP) is 4.15. The van der Waals surface area contributed by atoms with E-state index in [1.54, 1.807) is 42.7 Å². The Morgan fingerprint density at radius 1 is 0.438 bits per heavy atom. The Morgan fingerprint density at radius 2 is 0.656 bits per heavy atom. The van der Waals surface area contributed by atoms with Gasteiger partial charge in [-0.2, -0.15) is 0 Å². The lowest BCUT2D eigenvalue weighted by atomic mass is 10.9. The van der Waals surface area contributed by atoms with Crippen molar-refractivity contribution < 1.29 is 38.9 Å². The molecule has 15 heteroatoms.